The largest absolute Gasteiger partial charge is 0.400 e. The van der Waals surface area contributed by atoms with Gasteiger partial charge in [-0.3, -0.25) is 0 Å². The average molecular weight is 599 g/mol. The van der Waals surface area contributed by atoms with Gasteiger partial charge in [0.1, 0.15) is 11.6 Å². The molecular weight excluding hydrogens is 542 g/mol. The van der Waals surface area contributed by atoms with Crippen LogP contribution in [0.3, 0.4) is 0 Å². The zero-order chi connectivity index (χ0) is 32.4. The molecule has 240 valence electrons. The summed E-state index contributed by atoms with van der Waals surface area (Å²) in [5.41, 5.74) is 4.70. The van der Waals surface area contributed by atoms with Gasteiger partial charge in [0.25, 0.3) is 0 Å². The normalized spacial score (nSPS) is 19.0. The SMILES string of the molecule is C=C(/N=C1/C=CC(c2c(F)ccc(NC)c2F)=C/C1=C/C)NC1CCC(NC)CC1.C=Cc1ccccc1C.CC.CO.[HH].[HH].[HH]. The molecule has 1 fully saturated rings. The van der Waals surface area contributed by atoms with Gasteiger partial charge in [-0.05, 0) is 93.1 Å². The van der Waals surface area contributed by atoms with Crippen molar-refractivity contribution in [3.8, 4) is 0 Å². The number of aliphatic hydroxyl groups excluding tert-OH is 1. The van der Waals surface area contributed by atoms with Gasteiger partial charge in [0.2, 0.25) is 0 Å². The van der Waals surface area contributed by atoms with Crippen LogP contribution in [0.2, 0.25) is 0 Å². The second-order valence-electron chi connectivity index (χ2n) is 9.70. The molecule has 1 saturated carbocycles. The number of aliphatic imine (C=N–C) groups is 1. The molecule has 2 aromatic carbocycles. The van der Waals surface area contributed by atoms with Crippen LogP contribution < -0.4 is 16.0 Å². The Hall–Kier alpha value is -3.81. The van der Waals surface area contributed by atoms with Gasteiger partial charge in [-0.2, -0.15) is 0 Å². The van der Waals surface area contributed by atoms with Crippen molar-refractivity contribution in [1.82, 2.24) is 10.6 Å². The molecule has 0 aromatic heterocycles. The highest BCUT2D eigenvalue weighted by Crippen LogP contribution is 2.31. The highest BCUT2D eigenvalue weighted by atomic mass is 19.1. The molecule has 0 spiro atoms. The lowest BCUT2D eigenvalue weighted by Crippen LogP contribution is -2.38. The zero-order valence-corrected chi connectivity index (χ0v) is 26.9. The van der Waals surface area contributed by atoms with Crippen LogP contribution >= 0.6 is 0 Å². The molecule has 0 amide bonds. The highest BCUT2D eigenvalue weighted by Gasteiger charge is 2.21. The van der Waals surface area contributed by atoms with E-state index in [2.05, 4.69) is 53.2 Å². The fourth-order valence-corrected chi connectivity index (χ4v) is 4.81. The lowest BCUT2D eigenvalue weighted by molar-refractivity contribution is 0.331. The van der Waals surface area contributed by atoms with E-state index in [0.717, 1.165) is 38.4 Å². The average Bonchev–Trinajstić information content (AvgIpc) is 3.04. The number of hydrogen-bond acceptors (Lipinski definition) is 5. The van der Waals surface area contributed by atoms with Gasteiger partial charge >= 0.3 is 0 Å². The molecule has 0 heterocycles. The monoisotopic (exact) mass is 598 g/mol. The predicted octanol–water partition coefficient (Wildman–Crippen LogP) is 8.95. The Morgan fingerprint density at radius 2 is 1.63 bits per heavy atom. The summed E-state index contributed by atoms with van der Waals surface area (Å²) in [4.78, 5) is 4.62. The van der Waals surface area contributed by atoms with Crippen molar-refractivity contribution in [1.29, 1.82) is 0 Å². The number of anilines is 1. The molecule has 2 aromatic rings. The maximum atomic E-state index is 14.7. The van der Waals surface area contributed by atoms with E-state index in [4.69, 9.17) is 5.11 Å². The molecule has 5 nitrogen and oxygen atoms in total. The van der Waals surface area contributed by atoms with Crippen molar-refractivity contribution in [2.24, 2.45) is 4.99 Å². The van der Waals surface area contributed by atoms with Crippen LogP contribution in [-0.4, -0.2) is 44.1 Å². The molecule has 2 aliphatic rings. The van der Waals surface area contributed by atoms with Crippen LogP contribution in [-0.2, 0) is 0 Å². The minimum absolute atomic E-state index is 0. The smallest absolute Gasteiger partial charge is 0.157 e. The molecule has 0 bridgehead atoms. The van der Waals surface area contributed by atoms with E-state index in [1.54, 1.807) is 25.3 Å². The number of aliphatic hydroxyl groups is 1. The third-order valence-corrected chi connectivity index (χ3v) is 7.16. The number of hydrogen-bond donors (Lipinski definition) is 4. The molecule has 0 radical (unpaired) electrons. The van der Waals surface area contributed by atoms with Crippen molar-refractivity contribution in [3.05, 3.63) is 114 Å². The number of aryl methyl sites for hydroxylation is 1. The summed E-state index contributed by atoms with van der Waals surface area (Å²) in [6, 6.07) is 11.8. The van der Waals surface area contributed by atoms with E-state index in [1.165, 1.54) is 23.3 Å². The van der Waals surface area contributed by atoms with E-state index in [0.29, 0.717) is 29.2 Å². The molecule has 43 heavy (non-hydrogen) atoms. The summed E-state index contributed by atoms with van der Waals surface area (Å²) < 4.78 is 29.1. The Kier molecular flexibility index (Phi) is 17.4. The van der Waals surface area contributed by atoms with E-state index in [9.17, 15) is 8.78 Å². The summed E-state index contributed by atoms with van der Waals surface area (Å²) in [7, 11) is 4.61. The minimum atomic E-state index is -0.604. The van der Waals surface area contributed by atoms with Crippen molar-refractivity contribution in [2.45, 2.75) is 65.5 Å². The fourth-order valence-electron chi connectivity index (χ4n) is 4.81. The van der Waals surface area contributed by atoms with Crippen LogP contribution in [0.4, 0.5) is 14.5 Å². The van der Waals surface area contributed by atoms with Gasteiger partial charge in [0, 0.05) is 30.5 Å². The molecule has 4 rings (SSSR count). The van der Waals surface area contributed by atoms with Crippen molar-refractivity contribution in [3.63, 3.8) is 0 Å². The number of rotatable bonds is 7. The summed E-state index contributed by atoms with van der Waals surface area (Å²) in [5, 5.41) is 16.5. The van der Waals surface area contributed by atoms with Gasteiger partial charge in [0.15, 0.2) is 5.82 Å². The Labute approximate surface area is 262 Å². The van der Waals surface area contributed by atoms with Crippen molar-refractivity contribution < 1.29 is 18.2 Å². The number of nitrogens with one attached hydrogen (secondary N) is 3. The standard InChI is InChI=1S/C24H30F2N4.C9H10.C2H6.CH4O.3H2/c1-5-16-14-17(23-20(25)11-13-22(28-4)24(23)26)6-12-21(16)30-15(2)29-19-9-7-18(27-3)8-10-19;1-3-9-7-5-4-6-8(9)2;2*1-2;;;/h5-6,11-14,18-19,27-29H,2,7-10H2,1,3-4H3;3-7H,1H2,2H3;1-2H3;2H,1H3;3*1H/b16-5-,30-21-;;;;;;. The molecule has 0 atom stereocenters. The Bertz CT molecular complexity index is 1320. The summed E-state index contributed by atoms with van der Waals surface area (Å²) >= 11 is 0. The van der Waals surface area contributed by atoms with Crippen LogP contribution in [0.25, 0.3) is 11.6 Å². The predicted molar refractivity (Wildman–Crippen MR) is 189 cm³/mol. The number of halogens is 2. The second-order valence-corrected chi connectivity index (χ2v) is 9.70. The lowest BCUT2D eigenvalue weighted by atomic mass is 9.91. The maximum Gasteiger partial charge on any atom is 0.157 e. The first kappa shape index (κ1) is 37.2. The quantitative estimate of drug-likeness (QED) is 0.257. The summed E-state index contributed by atoms with van der Waals surface area (Å²) in [6.45, 7) is 15.7. The first-order valence-electron chi connectivity index (χ1n) is 14.9. The molecule has 0 saturated heterocycles. The van der Waals surface area contributed by atoms with Gasteiger partial charge in [-0.15, -0.1) is 0 Å². The summed E-state index contributed by atoms with van der Waals surface area (Å²) in [6.07, 6.45) is 13.4. The second kappa shape index (κ2) is 20.2. The van der Waals surface area contributed by atoms with Crippen molar-refractivity contribution >= 4 is 23.0 Å². The van der Waals surface area contributed by atoms with E-state index in [-0.39, 0.29) is 15.5 Å². The van der Waals surface area contributed by atoms with E-state index >= 15 is 0 Å². The lowest BCUT2D eigenvalue weighted by Gasteiger charge is -2.29. The van der Waals surface area contributed by atoms with E-state index < -0.39 is 11.6 Å². The van der Waals surface area contributed by atoms with Crippen LogP contribution in [0.1, 0.15) is 67.4 Å². The minimum Gasteiger partial charge on any atom is -0.400 e. The molecular formula is C36H56F2N4O. The zero-order valence-electron chi connectivity index (χ0n) is 26.9. The number of allylic oxidation sites excluding steroid dienone is 6. The van der Waals surface area contributed by atoms with Crippen LogP contribution in [0.5, 0.6) is 0 Å². The molecule has 7 heteroatoms. The Balaban J connectivity index is -0.000000984. The van der Waals surface area contributed by atoms with Crippen molar-refractivity contribution in [2.75, 3.05) is 26.5 Å². The molecule has 0 aliphatic heterocycles. The topological polar surface area (TPSA) is 68.7 Å². The first-order chi connectivity index (χ1) is 20.8. The van der Waals surface area contributed by atoms with Crippen LogP contribution in [0, 0.1) is 18.6 Å². The summed E-state index contributed by atoms with van der Waals surface area (Å²) in [5.74, 6) is -0.595. The molecule has 4 N–H and O–H groups in total. The third kappa shape index (κ3) is 11.1. The Morgan fingerprint density at radius 3 is 2.16 bits per heavy atom. The van der Waals surface area contributed by atoms with Crippen LogP contribution in [0.15, 0.2) is 90.2 Å². The number of nitrogens with zero attached hydrogens (tertiary/aromatic N) is 1. The van der Waals surface area contributed by atoms with Gasteiger partial charge in [-0.1, -0.05) is 69.5 Å². The Morgan fingerprint density at radius 1 is 1.00 bits per heavy atom. The fraction of sp³-hybridized carbons (Fsp3) is 0.361. The maximum absolute atomic E-state index is 14.7. The number of benzene rings is 2. The van der Waals surface area contributed by atoms with E-state index in [1.807, 2.05) is 52.1 Å². The first-order valence-corrected chi connectivity index (χ1v) is 14.9. The third-order valence-electron chi connectivity index (χ3n) is 7.16. The van der Waals surface area contributed by atoms with Gasteiger partial charge in [0.05, 0.1) is 17.0 Å². The van der Waals surface area contributed by atoms with Gasteiger partial charge < -0.3 is 21.1 Å². The highest BCUT2D eigenvalue weighted by molar-refractivity contribution is 6.15. The van der Waals surface area contributed by atoms with Gasteiger partial charge in [-0.25, -0.2) is 13.8 Å². The molecule has 0 unspecified atom stereocenters. The molecule has 2 aliphatic carbocycles.